The van der Waals surface area contributed by atoms with Gasteiger partial charge >= 0.3 is 6.09 Å². The van der Waals surface area contributed by atoms with Crippen LogP contribution in [-0.2, 0) is 24.1 Å². The van der Waals surface area contributed by atoms with E-state index in [0.717, 1.165) is 11.1 Å². The molecule has 0 spiro atoms. The Morgan fingerprint density at radius 2 is 2.12 bits per heavy atom. The Bertz CT molecular complexity index is 825. The zero-order valence-corrected chi connectivity index (χ0v) is 14.5. The van der Waals surface area contributed by atoms with Gasteiger partial charge in [0.25, 0.3) is 5.91 Å². The first kappa shape index (κ1) is 17.8. The van der Waals surface area contributed by atoms with E-state index in [1.54, 1.807) is 29.3 Å². The van der Waals surface area contributed by atoms with Crippen molar-refractivity contribution < 1.29 is 18.7 Å². The van der Waals surface area contributed by atoms with E-state index in [9.17, 15) is 14.0 Å². The van der Waals surface area contributed by atoms with Gasteiger partial charge in [-0.15, -0.1) is 0 Å². The highest BCUT2D eigenvalue weighted by Gasteiger charge is 2.25. The van der Waals surface area contributed by atoms with E-state index in [1.165, 1.54) is 19.4 Å². The number of methoxy groups -OCH3 is 1. The number of nitrogens with zero attached hydrogens (tertiary/aromatic N) is 2. The van der Waals surface area contributed by atoms with Gasteiger partial charge in [-0.05, 0) is 35.6 Å². The molecule has 2 amide bonds. The van der Waals surface area contributed by atoms with E-state index in [1.807, 2.05) is 0 Å². The van der Waals surface area contributed by atoms with Crippen LogP contribution in [0.4, 0.5) is 9.18 Å². The molecule has 1 aliphatic rings. The van der Waals surface area contributed by atoms with E-state index in [0.29, 0.717) is 43.6 Å². The lowest BCUT2D eigenvalue weighted by molar-refractivity contribution is 0.0951. The zero-order chi connectivity index (χ0) is 18.5. The van der Waals surface area contributed by atoms with Crippen LogP contribution in [0.3, 0.4) is 0 Å². The van der Waals surface area contributed by atoms with Crippen molar-refractivity contribution in [2.75, 3.05) is 20.2 Å². The summed E-state index contributed by atoms with van der Waals surface area (Å²) in [5.41, 5.74) is 2.79. The van der Waals surface area contributed by atoms with Crippen LogP contribution in [0.5, 0.6) is 0 Å². The second kappa shape index (κ2) is 7.95. The number of carbonyl (C=O) groups excluding carboxylic acids is 2. The van der Waals surface area contributed by atoms with Gasteiger partial charge in [-0.25, -0.2) is 9.18 Å². The number of hydrogen-bond acceptors (Lipinski definition) is 4. The number of hydrogen-bond donors (Lipinski definition) is 1. The van der Waals surface area contributed by atoms with E-state index in [-0.39, 0.29) is 11.7 Å². The van der Waals surface area contributed by atoms with Gasteiger partial charge in [0.15, 0.2) is 0 Å². The summed E-state index contributed by atoms with van der Waals surface area (Å²) in [7, 11) is 1.34. The third-order valence-electron chi connectivity index (χ3n) is 4.45. The van der Waals surface area contributed by atoms with Gasteiger partial charge in [0.1, 0.15) is 5.82 Å². The van der Waals surface area contributed by atoms with Gasteiger partial charge in [-0.3, -0.25) is 9.78 Å². The fourth-order valence-corrected chi connectivity index (χ4v) is 3.08. The number of carbonyl (C=O) groups is 2. The minimum absolute atomic E-state index is 0.239. The summed E-state index contributed by atoms with van der Waals surface area (Å²) in [4.78, 5) is 29.9. The Labute approximate surface area is 151 Å². The van der Waals surface area contributed by atoms with Gasteiger partial charge in [0.2, 0.25) is 0 Å². The average Bonchev–Trinajstić information content (AvgIpc) is 2.67. The number of nitrogens with one attached hydrogen (secondary N) is 1. The van der Waals surface area contributed by atoms with Crippen LogP contribution in [-0.4, -0.2) is 42.1 Å². The lowest BCUT2D eigenvalue weighted by Crippen LogP contribution is -2.37. The number of ether oxygens (including phenoxy) is 1. The minimum Gasteiger partial charge on any atom is -0.453 e. The molecule has 1 aliphatic heterocycles. The van der Waals surface area contributed by atoms with Crippen molar-refractivity contribution in [3.05, 3.63) is 64.7 Å². The van der Waals surface area contributed by atoms with Crippen molar-refractivity contribution >= 4 is 12.0 Å². The molecular weight excluding hydrogens is 337 g/mol. The molecule has 6 nitrogen and oxygen atoms in total. The summed E-state index contributed by atoms with van der Waals surface area (Å²) < 4.78 is 18.4. The van der Waals surface area contributed by atoms with Crippen molar-refractivity contribution in [1.82, 2.24) is 15.2 Å². The molecule has 0 saturated heterocycles. The van der Waals surface area contributed by atoms with E-state index >= 15 is 0 Å². The number of rotatable bonds is 4. The number of halogens is 1. The van der Waals surface area contributed by atoms with Crippen LogP contribution in [0.1, 0.15) is 27.0 Å². The zero-order valence-electron chi connectivity index (χ0n) is 14.5. The van der Waals surface area contributed by atoms with E-state index in [4.69, 9.17) is 4.74 Å². The summed E-state index contributed by atoms with van der Waals surface area (Å²) in [6, 6.07) is 6.51. The van der Waals surface area contributed by atoms with Gasteiger partial charge in [-0.1, -0.05) is 18.2 Å². The van der Waals surface area contributed by atoms with E-state index in [2.05, 4.69) is 10.3 Å². The Balaban J connectivity index is 1.66. The Hall–Kier alpha value is -2.96. The first-order valence-electron chi connectivity index (χ1n) is 8.40. The standard InChI is InChI=1S/C19H20FN3O3/c1-26-19(25)23-9-7-15-14(12-23)10-21-11-16(15)18(24)22-8-6-13-4-2-3-5-17(13)20/h2-5,10-11H,6-9,12H2,1H3,(H,22,24). The van der Waals surface area contributed by atoms with Crippen LogP contribution >= 0.6 is 0 Å². The quantitative estimate of drug-likeness (QED) is 0.912. The number of aromatic nitrogens is 1. The maximum atomic E-state index is 13.6. The van der Waals surface area contributed by atoms with Gasteiger partial charge in [0, 0.05) is 25.5 Å². The van der Waals surface area contributed by atoms with Crippen molar-refractivity contribution in [1.29, 1.82) is 0 Å². The average molecular weight is 357 g/mol. The monoisotopic (exact) mass is 357 g/mol. The van der Waals surface area contributed by atoms with Crippen LogP contribution in [0.15, 0.2) is 36.7 Å². The molecule has 136 valence electrons. The maximum Gasteiger partial charge on any atom is 0.409 e. The van der Waals surface area contributed by atoms with Crippen LogP contribution in [0, 0.1) is 5.82 Å². The minimum atomic E-state index is -0.393. The summed E-state index contributed by atoms with van der Waals surface area (Å²) in [5.74, 6) is -0.513. The van der Waals surface area contributed by atoms with Crippen molar-refractivity contribution in [2.45, 2.75) is 19.4 Å². The predicted octanol–water partition coefficient (Wildman–Crippen LogP) is 2.32. The molecule has 0 fully saturated rings. The highest BCUT2D eigenvalue weighted by molar-refractivity contribution is 5.95. The third-order valence-corrected chi connectivity index (χ3v) is 4.45. The summed E-state index contributed by atoms with van der Waals surface area (Å²) in [5, 5.41) is 2.82. The number of pyridine rings is 1. The SMILES string of the molecule is COC(=O)N1CCc2c(cncc2C(=O)NCCc2ccccc2F)C1. The summed E-state index contributed by atoms with van der Waals surface area (Å²) >= 11 is 0. The Morgan fingerprint density at radius 3 is 2.88 bits per heavy atom. The van der Waals surface area contributed by atoms with E-state index < -0.39 is 6.09 Å². The molecule has 3 rings (SSSR count). The summed E-state index contributed by atoms with van der Waals surface area (Å²) in [6.07, 6.45) is 3.78. The predicted molar refractivity (Wildman–Crippen MR) is 93.2 cm³/mol. The Kier molecular flexibility index (Phi) is 5.46. The highest BCUT2D eigenvalue weighted by Crippen LogP contribution is 2.22. The molecule has 1 aromatic heterocycles. The summed E-state index contributed by atoms with van der Waals surface area (Å²) in [6.45, 7) is 1.18. The fraction of sp³-hybridized carbons (Fsp3) is 0.316. The molecule has 0 atom stereocenters. The molecule has 26 heavy (non-hydrogen) atoms. The molecule has 0 bridgehead atoms. The number of amides is 2. The fourth-order valence-electron chi connectivity index (χ4n) is 3.08. The topological polar surface area (TPSA) is 71.5 Å². The molecule has 0 radical (unpaired) electrons. The second-order valence-electron chi connectivity index (χ2n) is 6.06. The molecule has 2 heterocycles. The first-order valence-corrected chi connectivity index (χ1v) is 8.40. The molecular formula is C19H20FN3O3. The van der Waals surface area contributed by atoms with Gasteiger partial charge in [0.05, 0.1) is 19.2 Å². The first-order chi connectivity index (χ1) is 12.6. The van der Waals surface area contributed by atoms with Crippen molar-refractivity contribution in [2.24, 2.45) is 0 Å². The molecule has 0 saturated carbocycles. The number of fused-ring (bicyclic) bond motifs is 1. The third kappa shape index (κ3) is 3.82. The van der Waals surface area contributed by atoms with Crippen LogP contribution < -0.4 is 5.32 Å². The smallest absolute Gasteiger partial charge is 0.409 e. The lowest BCUT2D eigenvalue weighted by atomic mass is 9.97. The molecule has 1 aromatic carbocycles. The van der Waals surface area contributed by atoms with Gasteiger partial charge in [-0.2, -0.15) is 0 Å². The van der Waals surface area contributed by atoms with Gasteiger partial charge < -0.3 is 15.0 Å². The normalized spacial score (nSPS) is 13.1. The van der Waals surface area contributed by atoms with Crippen LogP contribution in [0.2, 0.25) is 0 Å². The van der Waals surface area contributed by atoms with Crippen molar-refractivity contribution in [3.8, 4) is 0 Å². The number of benzene rings is 1. The highest BCUT2D eigenvalue weighted by atomic mass is 19.1. The lowest BCUT2D eigenvalue weighted by Gasteiger charge is -2.28. The second-order valence-corrected chi connectivity index (χ2v) is 6.06. The maximum absolute atomic E-state index is 13.6. The molecule has 0 aliphatic carbocycles. The largest absolute Gasteiger partial charge is 0.453 e. The molecule has 2 aromatic rings. The molecule has 7 heteroatoms. The Morgan fingerprint density at radius 1 is 1.31 bits per heavy atom. The molecule has 1 N–H and O–H groups in total. The van der Waals surface area contributed by atoms with Crippen molar-refractivity contribution in [3.63, 3.8) is 0 Å². The van der Waals surface area contributed by atoms with Crippen LogP contribution in [0.25, 0.3) is 0 Å². The molecule has 0 unspecified atom stereocenters.